The van der Waals surface area contributed by atoms with Crippen LogP contribution in [0.2, 0.25) is 0 Å². The van der Waals surface area contributed by atoms with Crippen molar-refractivity contribution in [2.45, 2.75) is 20.8 Å². The predicted octanol–water partition coefficient (Wildman–Crippen LogP) is 1.28. The Morgan fingerprint density at radius 3 is 2.13 bits per heavy atom. The highest BCUT2D eigenvalue weighted by Crippen LogP contribution is 2.21. The minimum atomic E-state index is -1.27. The van der Waals surface area contributed by atoms with E-state index >= 15 is 0 Å². The summed E-state index contributed by atoms with van der Waals surface area (Å²) in [5, 5.41) is 10.6. The fourth-order valence-corrected chi connectivity index (χ4v) is 1.22. The van der Waals surface area contributed by atoms with E-state index < -0.39 is 11.4 Å². The van der Waals surface area contributed by atoms with Gasteiger partial charge in [0.25, 0.3) is 0 Å². The number of carbonyl (C=O) groups excluding carboxylic acids is 2. The van der Waals surface area contributed by atoms with E-state index in [1.165, 1.54) is 12.1 Å². The number of carbonyl (C=O) groups is 2. The van der Waals surface area contributed by atoms with Gasteiger partial charge in [-0.25, -0.2) is 0 Å². The number of carboxylic acid groups (broad SMARTS) is 1. The smallest absolute Gasteiger partial charge is 0.168 e. The van der Waals surface area contributed by atoms with Gasteiger partial charge in [0.2, 0.25) is 0 Å². The van der Waals surface area contributed by atoms with Gasteiger partial charge in [-0.1, -0.05) is 39.0 Å². The van der Waals surface area contributed by atoms with Crippen molar-refractivity contribution in [2.24, 2.45) is 5.41 Å². The first-order valence-electron chi connectivity index (χ1n) is 4.68. The summed E-state index contributed by atoms with van der Waals surface area (Å²) in [6.07, 6.45) is 0. The zero-order valence-corrected chi connectivity index (χ0v) is 9.03. The van der Waals surface area contributed by atoms with E-state index in [1.807, 2.05) is 0 Å². The van der Waals surface area contributed by atoms with E-state index in [9.17, 15) is 14.7 Å². The molecular formula is C12H13O3-. The number of benzene rings is 1. The molecule has 1 aromatic rings. The number of hydrogen-bond acceptors (Lipinski definition) is 3. The molecule has 0 heterocycles. The van der Waals surface area contributed by atoms with E-state index in [-0.39, 0.29) is 11.3 Å². The summed E-state index contributed by atoms with van der Waals surface area (Å²) in [5.41, 5.74) is -0.0702. The van der Waals surface area contributed by atoms with Crippen LogP contribution in [0.1, 0.15) is 41.5 Å². The largest absolute Gasteiger partial charge is 0.545 e. The van der Waals surface area contributed by atoms with E-state index in [2.05, 4.69) is 0 Å². The molecule has 0 unspecified atom stereocenters. The number of ketones is 1. The molecule has 0 bridgehead atoms. The third kappa shape index (κ3) is 2.65. The molecule has 1 rings (SSSR count). The average Bonchev–Trinajstić information content (AvgIpc) is 2.15. The Morgan fingerprint density at radius 1 is 1.13 bits per heavy atom. The predicted molar refractivity (Wildman–Crippen MR) is 54.6 cm³/mol. The second kappa shape index (κ2) is 3.85. The molecule has 0 saturated carbocycles. The number of hydrogen-bond donors (Lipinski definition) is 0. The molecule has 0 aromatic heterocycles. The molecule has 0 saturated heterocycles. The Morgan fingerprint density at radius 2 is 1.67 bits per heavy atom. The Hall–Kier alpha value is -1.64. The lowest BCUT2D eigenvalue weighted by Gasteiger charge is -2.17. The Bertz CT molecular complexity index is 400. The fraction of sp³-hybridized carbons (Fsp3) is 0.333. The van der Waals surface area contributed by atoms with Crippen molar-refractivity contribution < 1.29 is 14.7 Å². The van der Waals surface area contributed by atoms with Crippen LogP contribution in [0.3, 0.4) is 0 Å². The summed E-state index contributed by atoms with van der Waals surface area (Å²) in [6, 6.07) is 5.92. The summed E-state index contributed by atoms with van der Waals surface area (Å²) in [5.74, 6) is -1.34. The quantitative estimate of drug-likeness (QED) is 0.683. The topological polar surface area (TPSA) is 57.2 Å². The molecule has 0 radical (unpaired) electrons. The van der Waals surface area contributed by atoms with Crippen LogP contribution in [0.25, 0.3) is 0 Å². The van der Waals surface area contributed by atoms with Crippen molar-refractivity contribution in [3.05, 3.63) is 35.4 Å². The highest BCUT2D eigenvalue weighted by molar-refractivity contribution is 6.01. The molecule has 0 amide bonds. The molecule has 3 nitrogen and oxygen atoms in total. The second-order valence-electron chi connectivity index (χ2n) is 4.45. The Labute approximate surface area is 88.7 Å². The lowest BCUT2D eigenvalue weighted by atomic mass is 9.86. The monoisotopic (exact) mass is 205 g/mol. The first-order valence-corrected chi connectivity index (χ1v) is 4.68. The van der Waals surface area contributed by atoms with Crippen LogP contribution in [0, 0.1) is 5.41 Å². The first-order chi connectivity index (χ1) is 6.82. The standard InChI is InChI=1S/C12H14O3/c1-12(2,3)10(13)8-5-4-6-9(7-8)11(14)15/h4-7H,1-3H3,(H,14,15)/p-1. The maximum atomic E-state index is 11.8. The highest BCUT2D eigenvalue weighted by Gasteiger charge is 2.22. The molecule has 0 N–H and O–H groups in total. The average molecular weight is 205 g/mol. The molecular weight excluding hydrogens is 192 g/mol. The van der Waals surface area contributed by atoms with E-state index in [1.54, 1.807) is 32.9 Å². The molecule has 1 aromatic carbocycles. The van der Waals surface area contributed by atoms with Gasteiger partial charge in [0, 0.05) is 11.0 Å². The number of Topliss-reactive ketones (excluding diaryl/α,β-unsaturated/α-hetero) is 1. The summed E-state index contributed by atoms with van der Waals surface area (Å²) in [4.78, 5) is 22.4. The maximum Gasteiger partial charge on any atom is 0.168 e. The normalized spacial score (nSPS) is 11.1. The lowest BCUT2D eigenvalue weighted by molar-refractivity contribution is -0.255. The fourth-order valence-electron chi connectivity index (χ4n) is 1.22. The summed E-state index contributed by atoms with van der Waals surface area (Å²) >= 11 is 0. The minimum Gasteiger partial charge on any atom is -0.545 e. The van der Waals surface area contributed by atoms with Crippen LogP contribution < -0.4 is 5.11 Å². The van der Waals surface area contributed by atoms with Crippen molar-refractivity contribution in [1.29, 1.82) is 0 Å². The van der Waals surface area contributed by atoms with Crippen molar-refractivity contribution in [3.8, 4) is 0 Å². The lowest BCUT2D eigenvalue weighted by Crippen LogP contribution is -2.24. The Kier molecular flexibility index (Phi) is 2.93. The van der Waals surface area contributed by atoms with Crippen LogP contribution >= 0.6 is 0 Å². The second-order valence-corrected chi connectivity index (χ2v) is 4.45. The number of carboxylic acids is 1. The zero-order valence-electron chi connectivity index (χ0n) is 9.03. The van der Waals surface area contributed by atoms with Crippen LogP contribution in [0.15, 0.2) is 24.3 Å². The summed E-state index contributed by atoms with van der Waals surface area (Å²) in [7, 11) is 0. The van der Waals surface area contributed by atoms with Gasteiger partial charge in [-0.2, -0.15) is 0 Å². The molecule has 15 heavy (non-hydrogen) atoms. The van der Waals surface area contributed by atoms with E-state index in [4.69, 9.17) is 0 Å². The van der Waals surface area contributed by atoms with Gasteiger partial charge in [0.1, 0.15) is 0 Å². The van der Waals surface area contributed by atoms with Gasteiger partial charge in [-0.3, -0.25) is 4.79 Å². The van der Waals surface area contributed by atoms with Crippen LogP contribution in [0.4, 0.5) is 0 Å². The SMILES string of the molecule is CC(C)(C)C(=O)c1cccc(C(=O)[O-])c1. The van der Waals surface area contributed by atoms with Crippen molar-refractivity contribution >= 4 is 11.8 Å². The Balaban J connectivity index is 3.12. The molecule has 0 fully saturated rings. The summed E-state index contributed by atoms with van der Waals surface area (Å²) in [6.45, 7) is 5.38. The third-order valence-corrected chi connectivity index (χ3v) is 2.04. The van der Waals surface area contributed by atoms with Crippen LogP contribution in [-0.2, 0) is 0 Å². The molecule has 0 atom stereocenters. The minimum absolute atomic E-state index is 0.0325. The first kappa shape index (κ1) is 11.4. The molecule has 0 aliphatic carbocycles. The van der Waals surface area contributed by atoms with Gasteiger partial charge >= 0.3 is 0 Å². The van der Waals surface area contributed by atoms with E-state index in [0.29, 0.717) is 5.56 Å². The van der Waals surface area contributed by atoms with Gasteiger partial charge in [-0.05, 0) is 11.6 Å². The van der Waals surface area contributed by atoms with Crippen LogP contribution in [0.5, 0.6) is 0 Å². The summed E-state index contributed by atoms with van der Waals surface area (Å²) < 4.78 is 0. The van der Waals surface area contributed by atoms with Gasteiger partial charge < -0.3 is 9.90 Å². The van der Waals surface area contributed by atoms with E-state index in [0.717, 1.165) is 0 Å². The molecule has 0 aliphatic heterocycles. The van der Waals surface area contributed by atoms with Crippen molar-refractivity contribution in [2.75, 3.05) is 0 Å². The van der Waals surface area contributed by atoms with Crippen molar-refractivity contribution in [1.82, 2.24) is 0 Å². The molecule has 80 valence electrons. The number of rotatable bonds is 2. The van der Waals surface area contributed by atoms with Gasteiger partial charge in [-0.15, -0.1) is 0 Å². The molecule has 0 aliphatic rings. The highest BCUT2D eigenvalue weighted by atomic mass is 16.4. The van der Waals surface area contributed by atoms with Crippen molar-refractivity contribution in [3.63, 3.8) is 0 Å². The van der Waals surface area contributed by atoms with Crippen LogP contribution in [-0.4, -0.2) is 11.8 Å². The maximum absolute atomic E-state index is 11.8. The number of aromatic carboxylic acids is 1. The molecule has 3 heteroatoms. The third-order valence-electron chi connectivity index (χ3n) is 2.04. The molecule has 0 spiro atoms. The van der Waals surface area contributed by atoms with Gasteiger partial charge in [0.05, 0.1) is 5.97 Å². The zero-order chi connectivity index (χ0) is 11.6. The van der Waals surface area contributed by atoms with Gasteiger partial charge in [0.15, 0.2) is 5.78 Å².